The number of carbonyl (C=O) groups is 2. The van der Waals surface area contributed by atoms with Gasteiger partial charge in [0.05, 0.1) is 31.5 Å². The van der Waals surface area contributed by atoms with E-state index in [1.165, 1.54) is 7.11 Å². The summed E-state index contributed by atoms with van der Waals surface area (Å²) >= 11 is 1.70. The van der Waals surface area contributed by atoms with Crippen molar-refractivity contribution in [3.63, 3.8) is 0 Å². The number of esters is 1. The number of nitrogens with zero attached hydrogens (tertiary/aromatic N) is 2. The molecule has 0 radical (unpaired) electrons. The van der Waals surface area contributed by atoms with E-state index >= 15 is 0 Å². The Morgan fingerprint density at radius 1 is 1.03 bits per heavy atom. The van der Waals surface area contributed by atoms with Crippen LogP contribution in [-0.4, -0.2) is 48.6 Å². The first-order chi connectivity index (χ1) is 16.0. The zero-order chi connectivity index (χ0) is 23.4. The van der Waals surface area contributed by atoms with Crippen LogP contribution in [0, 0.1) is 0 Å². The average Bonchev–Trinajstić information content (AvgIpc) is 2.83. The van der Waals surface area contributed by atoms with Gasteiger partial charge in [0.25, 0.3) is 0 Å². The number of anilines is 2. The molecular formula is C24H26N4O4S. The summed E-state index contributed by atoms with van der Waals surface area (Å²) in [6.45, 7) is 2.66. The van der Waals surface area contributed by atoms with E-state index in [1.807, 2.05) is 31.2 Å². The SMILES string of the molecule is COC(=O)C1=C(C)N=C2SCCCN2C1c1ccc(NC(=O)Nc2ccc(OC)cc2)cc1. The number of nitrogens with one attached hydrogen (secondary N) is 2. The standard InChI is InChI=1S/C24H26N4O4S/c1-15-20(22(29)32-3)21(28-13-4-14-33-24(28)25-15)16-5-7-17(8-6-16)26-23(30)27-18-9-11-19(31-2)12-10-18/h5-12,21H,4,13-14H2,1-3H3,(H2,26,27,30). The first-order valence-corrected chi connectivity index (χ1v) is 11.6. The van der Waals surface area contributed by atoms with Gasteiger partial charge in [-0.05, 0) is 55.3 Å². The number of allylic oxidation sites excluding steroid dienone is 1. The molecule has 0 saturated carbocycles. The summed E-state index contributed by atoms with van der Waals surface area (Å²) in [7, 11) is 2.98. The van der Waals surface area contributed by atoms with Crippen LogP contribution in [0.5, 0.6) is 5.75 Å². The van der Waals surface area contributed by atoms with Crippen LogP contribution in [0.1, 0.15) is 24.9 Å². The molecule has 0 aromatic heterocycles. The summed E-state index contributed by atoms with van der Waals surface area (Å²) in [5.41, 5.74) is 3.45. The second kappa shape index (κ2) is 9.99. The number of amides is 2. The van der Waals surface area contributed by atoms with Crippen molar-refractivity contribution in [3.8, 4) is 5.75 Å². The fraction of sp³-hybridized carbons (Fsp3) is 0.292. The van der Waals surface area contributed by atoms with E-state index in [-0.39, 0.29) is 18.0 Å². The van der Waals surface area contributed by atoms with E-state index in [4.69, 9.17) is 9.47 Å². The van der Waals surface area contributed by atoms with Gasteiger partial charge in [-0.15, -0.1) is 0 Å². The number of methoxy groups -OCH3 is 2. The molecule has 0 aliphatic carbocycles. The highest BCUT2D eigenvalue weighted by molar-refractivity contribution is 8.13. The van der Waals surface area contributed by atoms with Gasteiger partial charge in [0.2, 0.25) is 0 Å². The van der Waals surface area contributed by atoms with Crippen LogP contribution < -0.4 is 15.4 Å². The quantitative estimate of drug-likeness (QED) is 0.624. The van der Waals surface area contributed by atoms with Gasteiger partial charge in [0, 0.05) is 23.7 Å². The van der Waals surface area contributed by atoms with Crippen LogP contribution in [0.2, 0.25) is 0 Å². The summed E-state index contributed by atoms with van der Waals surface area (Å²) < 4.78 is 10.2. The number of hydrogen-bond donors (Lipinski definition) is 2. The average molecular weight is 467 g/mol. The van der Waals surface area contributed by atoms with Crippen molar-refractivity contribution in [1.29, 1.82) is 0 Å². The molecule has 9 heteroatoms. The lowest BCUT2D eigenvalue weighted by Gasteiger charge is -2.40. The Kier molecular flexibility index (Phi) is 6.88. The van der Waals surface area contributed by atoms with Crippen LogP contribution in [0.15, 0.2) is 64.8 Å². The summed E-state index contributed by atoms with van der Waals surface area (Å²) in [6, 6.07) is 14.0. The highest BCUT2D eigenvalue weighted by atomic mass is 32.2. The molecule has 2 aliphatic rings. The maximum absolute atomic E-state index is 12.6. The number of thioether (sulfide) groups is 1. The Morgan fingerprint density at radius 3 is 2.27 bits per heavy atom. The highest BCUT2D eigenvalue weighted by Gasteiger charge is 2.37. The Balaban J connectivity index is 1.51. The predicted octanol–water partition coefficient (Wildman–Crippen LogP) is 4.64. The van der Waals surface area contributed by atoms with E-state index in [9.17, 15) is 9.59 Å². The normalized spacial score (nSPS) is 17.6. The van der Waals surface area contributed by atoms with Gasteiger partial charge in [0.15, 0.2) is 5.17 Å². The molecule has 2 aromatic carbocycles. The first-order valence-electron chi connectivity index (χ1n) is 10.6. The number of urea groups is 1. The molecule has 2 heterocycles. The van der Waals surface area contributed by atoms with Crippen molar-refractivity contribution >= 4 is 40.3 Å². The Labute approximate surface area is 197 Å². The second-order valence-electron chi connectivity index (χ2n) is 7.61. The number of hydrogen-bond acceptors (Lipinski definition) is 7. The lowest BCUT2D eigenvalue weighted by molar-refractivity contribution is -0.136. The Bertz CT molecular complexity index is 1100. The number of carbonyl (C=O) groups excluding carboxylic acids is 2. The molecule has 172 valence electrons. The fourth-order valence-electron chi connectivity index (χ4n) is 3.90. The second-order valence-corrected chi connectivity index (χ2v) is 8.67. The molecule has 2 aromatic rings. The van der Waals surface area contributed by atoms with E-state index in [0.29, 0.717) is 22.6 Å². The van der Waals surface area contributed by atoms with Gasteiger partial charge >= 0.3 is 12.0 Å². The van der Waals surface area contributed by atoms with Gasteiger partial charge in [0.1, 0.15) is 5.75 Å². The molecule has 0 spiro atoms. The van der Waals surface area contributed by atoms with Crippen molar-refractivity contribution < 1.29 is 19.1 Å². The van der Waals surface area contributed by atoms with Crippen molar-refractivity contribution in [2.45, 2.75) is 19.4 Å². The molecule has 1 atom stereocenters. The van der Waals surface area contributed by atoms with Crippen molar-refractivity contribution in [1.82, 2.24) is 4.90 Å². The maximum atomic E-state index is 12.6. The topological polar surface area (TPSA) is 92.3 Å². The van der Waals surface area contributed by atoms with Gasteiger partial charge in [-0.1, -0.05) is 23.9 Å². The Hall–Kier alpha value is -3.46. The number of rotatable bonds is 5. The lowest BCUT2D eigenvalue weighted by atomic mass is 9.94. The number of benzene rings is 2. The number of fused-ring (bicyclic) bond motifs is 1. The largest absolute Gasteiger partial charge is 0.497 e. The van der Waals surface area contributed by atoms with Crippen LogP contribution >= 0.6 is 11.8 Å². The van der Waals surface area contributed by atoms with Crippen LogP contribution in [-0.2, 0) is 9.53 Å². The minimum atomic E-state index is -0.378. The van der Waals surface area contributed by atoms with Crippen LogP contribution in [0.3, 0.4) is 0 Å². The zero-order valence-corrected chi connectivity index (χ0v) is 19.6. The van der Waals surface area contributed by atoms with Crippen LogP contribution in [0.4, 0.5) is 16.2 Å². The monoisotopic (exact) mass is 466 g/mol. The predicted molar refractivity (Wildman–Crippen MR) is 131 cm³/mol. The summed E-state index contributed by atoms with van der Waals surface area (Å²) in [5.74, 6) is 1.35. The third-order valence-corrected chi connectivity index (χ3v) is 6.57. The van der Waals surface area contributed by atoms with Crippen molar-refractivity contribution in [2.24, 2.45) is 4.99 Å². The summed E-state index contributed by atoms with van der Waals surface area (Å²) in [6.07, 6.45) is 1.01. The minimum Gasteiger partial charge on any atom is -0.497 e. The van der Waals surface area contributed by atoms with Crippen LogP contribution in [0.25, 0.3) is 0 Å². The highest BCUT2D eigenvalue weighted by Crippen LogP contribution is 2.40. The van der Waals surface area contributed by atoms with E-state index < -0.39 is 0 Å². The molecule has 0 bridgehead atoms. The van der Waals surface area contributed by atoms with Gasteiger partial charge in [-0.25, -0.2) is 14.6 Å². The smallest absolute Gasteiger partial charge is 0.338 e. The number of amidine groups is 1. The molecule has 33 heavy (non-hydrogen) atoms. The molecule has 2 amide bonds. The Morgan fingerprint density at radius 2 is 1.67 bits per heavy atom. The molecule has 2 aliphatic heterocycles. The first kappa shape index (κ1) is 22.7. The molecular weight excluding hydrogens is 440 g/mol. The van der Waals surface area contributed by atoms with Crippen molar-refractivity contribution in [3.05, 3.63) is 65.4 Å². The van der Waals surface area contributed by atoms with E-state index in [0.717, 1.165) is 35.2 Å². The van der Waals surface area contributed by atoms with Gasteiger partial charge in [-0.3, -0.25) is 0 Å². The summed E-state index contributed by atoms with van der Waals surface area (Å²) in [4.78, 5) is 31.8. The molecule has 1 fully saturated rings. The molecule has 1 unspecified atom stereocenters. The number of aliphatic imine (C=N–C) groups is 1. The van der Waals surface area contributed by atoms with E-state index in [1.54, 1.807) is 43.1 Å². The maximum Gasteiger partial charge on any atom is 0.338 e. The molecule has 8 nitrogen and oxygen atoms in total. The molecule has 2 N–H and O–H groups in total. The zero-order valence-electron chi connectivity index (χ0n) is 18.8. The molecule has 1 saturated heterocycles. The minimum absolute atomic E-state index is 0.278. The third-order valence-electron chi connectivity index (χ3n) is 5.50. The summed E-state index contributed by atoms with van der Waals surface area (Å²) in [5, 5.41) is 6.55. The van der Waals surface area contributed by atoms with Gasteiger partial charge < -0.3 is 25.0 Å². The van der Waals surface area contributed by atoms with Gasteiger partial charge in [-0.2, -0.15) is 0 Å². The van der Waals surface area contributed by atoms with Crippen molar-refractivity contribution in [2.75, 3.05) is 37.2 Å². The fourth-order valence-corrected chi connectivity index (χ4v) is 4.92. The third kappa shape index (κ3) is 4.98. The van der Waals surface area contributed by atoms with E-state index in [2.05, 4.69) is 20.5 Å². The lowest BCUT2D eigenvalue weighted by Crippen LogP contribution is -2.42. The molecule has 4 rings (SSSR count). The number of ether oxygens (including phenoxy) is 2.